The van der Waals surface area contributed by atoms with Crippen molar-refractivity contribution in [1.29, 1.82) is 0 Å². The molecule has 1 fully saturated rings. The molecule has 3 aromatic rings. The summed E-state index contributed by atoms with van der Waals surface area (Å²) in [6.45, 7) is 0. The van der Waals surface area contributed by atoms with Crippen molar-refractivity contribution in [3.8, 4) is 5.75 Å². The highest BCUT2D eigenvalue weighted by Gasteiger charge is 2.28. The van der Waals surface area contributed by atoms with Gasteiger partial charge in [0.25, 0.3) is 0 Å². The van der Waals surface area contributed by atoms with E-state index in [0.717, 1.165) is 12.8 Å². The van der Waals surface area contributed by atoms with Gasteiger partial charge in [0.1, 0.15) is 11.6 Å². The van der Waals surface area contributed by atoms with Crippen molar-refractivity contribution in [1.82, 2.24) is 10.2 Å². The molecule has 0 unspecified atom stereocenters. The first-order chi connectivity index (χ1) is 16.8. The Balaban J connectivity index is 1.30. The first kappa shape index (κ1) is 24.0. The monoisotopic (exact) mass is 490 g/mol. The Morgan fingerprint density at radius 2 is 1.66 bits per heavy atom. The third-order valence-electron chi connectivity index (χ3n) is 5.49. The Morgan fingerprint density at radius 3 is 2.34 bits per heavy atom. The molecule has 1 aromatic heterocycles. The summed E-state index contributed by atoms with van der Waals surface area (Å²) in [5.74, 6) is -4.52. The normalized spacial score (nSPS) is 17.5. The van der Waals surface area contributed by atoms with Crippen LogP contribution in [0.1, 0.15) is 36.4 Å². The molecule has 1 aliphatic rings. The summed E-state index contributed by atoms with van der Waals surface area (Å²) in [4.78, 5) is 24.0. The van der Waals surface area contributed by atoms with Crippen LogP contribution in [0.2, 0.25) is 0 Å². The lowest BCUT2D eigenvalue weighted by molar-refractivity contribution is -0.147. The summed E-state index contributed by atoms with van der Waals surface area (Å²) in [5.41, 5.74) is -0.00927. The van der Waals surface area contributed by atoms with Gasteiger partial charge in [0.05, 0.1) is 24.8 Å². The Labute approximate surface area is 197 Å². The molecule has 0 radical (unpaired) electrons. The highest BCUT2D eigenvalue weighted by molar-refractivity contribution is 6.00. The van der Waals surface area contributed by atoms with Crippen molar-refractivity contribution in [3.05, 3.63) is 59.7 Å². The van der Waals surface area contributed by atoms with Gasteiger partial charge >= 0.3 is 23.8 Å². The van der Waals surface area contributed by atoms with Crippen molar-refractivity contribution < 1.29 is 36.7 Å². The zero-order valence-corrected chi connectivity index (χ0v) is 18.5. The SMILES string of the molecule is COC(=O)[C@H]1CC[C@H](Oc2ccc(NC(=O)c3nnc(Nc4cc(F)c(F)cc4F)o3)cc2)CC1. The van der Waals surface area contributed by atoms with E-state index in [2.05, 4.69) is 20.8 Å². The van der Waals surface area contributed by atoms with E-state index in [0.29, 0.717) is 36.4 Å². The van der Waals surface area contributed by atoms with E-state index in [1.54, 1.807) is 24.3 Å². The quantitative estimate of drug-likeness (QED) is 0.365. The van der Waals surface area contributed by atoms with Crippen LogP contribution in [-0.4, -0.2) is 35.3 Å². The van der Waals surface area contributed by atoms with E-state index in [-0.39, 0.29) is 24.0 Å². The minimum Gasteiger partial charge on any atom is -0.490 e. The number of hydrogen-bond acceptors (Lipinski definition) is 8. The Bertz CT molecular complexity index is 1210. The topological polar surface area (TPSA) is 116 Å². The van der Waals surface area contributed by atoms with Gasteiger partial charge in [-0.25, -0.2) is 13.2 Å². The maximum absolute atomic E-state index is 13.7. The van der Waals surface area contributed by atoms with Gasteiger partial charge in [-0.15, -0.1) is 5.10 Å². The summed E-state index contributed by atoms with van der Waals surface area (Å²) in [5, 5.41) is 12.0. The number of aromatic nitrogens is 2. The van der Waals surface area contributed by atoms with Crippen molar-refractivity contribution in [2.75, 3.05) is 17.7 Å². The molecule has 35 heavy (non-hydrogen) atoms. The molecule has 2 N–H and O–H groups in total. The molecule has 184 valence electrons. The zero-order valence-electron chi connectivity index (χ0n) is 18.5. The van der Waals surface area contributed by atoms with Crippen LogP contribution in [0.15, 0.2) is 40.8 Å². The zero-order chi connectivity index (χ0) is 24.9. The van der Waals surface area contributed by atoms with Crippen LogP contribution in [0.25, 0.3) is 0 Å². The first-order valence-electron chi connectivity index (χ1n) is 10.7. The summed E-state index contributed by atoms with van der Waals surface area (Å²) in [7, 11) is 1.39. The third kappa shape index (κ3) is 5.89. The Hall–Kier alpha value is -4.09. The van der Waals surface area contributed by atoms with Crippen molar-refractivity contribution >= 4 is 29.3 Å². The predicted octanol–water partition coefficient (Wildman–Crippen LogP) is 4.59. The van der Waals surface area contributed by atoms with Gasteiger partial charge in [-0.2, -0.15) is 0 Å². The molecule has 1 saturated carbocycles. The molecule has 0 atom stereocenters. The highest BCUT2D eigenvalue weighted by Crippen LogP contribution is 2.29. The second kappa shape index (κ2) is 10.5. The van der Waals surface area contributed by atoms with Crippen LogP contribution >= 0.6 is 0 Å². The highest BCUT2D eigenvalue weighted by atomic mass is 19.2. The van der Waals surface area contributed by atoms with Crippen LogP contribution in [0, 0.1) is 23.4 Å². The molecular weight excluding hydrogens is 469 g/mol. The number of hydrogen-bond donors (Lipinski definition) is 2. The number of halogens is 3. The second-order valence-corrected chi connectivity index (χ2v) is 7.88. The average molecular weight is 490 g/mol. The lowest BCUT2D eigenvalue weighted by Gasteiger charge is -2.27. The number of anilines is 3. The number of ether oxygens (including phenoxy) is 2. The number of carbonyl (C=O) groups is 2. The summed E-state index contributed by atoms with van der Waals surface area (Å²) < 4.78 is 56.0. The minimum atomic E-state index is -1.35. The van der Waals surface area contributed by atoms with E-state index in [9.17, 15) is 22.8 Å². The van der Waals surface area contributed by atoms with Crippen LogP contribution in [-0.2, 0) is 9.53 Å². The molecule has 9 nitrogen and oxygen atoms in total. The fourth-order valence-electron chi connectivity index (χ4n) is 3.68. The maximum Gasteiger partial charge on any atom is 0.320 e. The summed E-state index contributed by atoms with van der Waals surface area (Å²) >= 11 is 0. The lowest BCUT2D eigenvalue weighted by atomic mass is 9.87. The molecule has 1 heterocycles. The van der Waals surface area contributed by atoms with Gasteiger partial charge in [0, 0.05) is 17.8 Å². The molecule has 12 heteroatoms. The molecule has 0 spiro atoms. The average Bonchev–Trinajstić information content (AvgIpc) is 3.32. The molecule has 4 rings (SSSR count). The molecule has 1 amide bonds. The van der Waals surface area contributed by atoms with E-state index >= 15 is 0 Å². The largest absolute Gasteiger partial charge is 0.490 e. The van der Waals surface area contributed by atoms with Gasteiger partial charge in [0.2, 0.25) is 0 Å². The molecule has 2 aromatic carbocycles. The van der Waals surface area contributed by atoms with Gasteiger partial charge in [-0.1, -0.05) is 5.10 Å². The van der Waals surface area contributed by atoms with Gasteiger partial charge < -0.3 is 24.5 Å². The lowest BCUT2D eigenvalue weighted by Crippen LogP contribution is -2.28. The molecular formula is C23H21F3N4O5. The Morgan fingerprint density at radius 1 is 0.971 bits per heavy atom. The van der Waals surface area contributed by atoms with Crippen molar-refractivity contribution in [3.63, 3.8) is 0 Å². The van der Waals surface area contributed by atoms with E-state index in [4.69, 9.17) is 13.9 Å². The first-order valence-corrected chi connectivity index (χ1v) is 10.7. The fraction of sp³-hybridized carbons (Fsp3) is 0.304. The summed E-state index contributed by atoms with van der Waals surface area (Å²) in [6.07, 6.45) is 2.87. The molecule has 0 bridgehead atoms. The number of amides is 1. The van der Waals surface area contributed by atoms with Crippen LogP contribution < -0.4 is 15.4 Å². The van der Waals surface area contributed by atoms with E-state index < -0.39 is 34.9 Å². The number of benzene rings is 2. The van der Waals surface area contributed by atoms with Gasteiger partial charge in [-0.3, -0.25) is 9.59 Å². The number of esters is 1. The molecule has 0 saturated heterocycles. The minimum absolute atomic E-state index is 0.0138. The summed E-state index contributed by atoms with van der Waals surface area (Å²) in [6, 6.07) is 7.19. The maximum atomic E-state index is 13.7. The molecule has 0 aliphatic heterocycles. The number of carbonyl (C=O) groups excluding carboxylic acids is 2. The van der Waals surface area contributed by atoms with E-state index in [1.165, 1.54) is 7.11 Å². The molecule has 1 aliphatic carbocycles. The van der Waals surface area contributed by atoms with Crippen LogP contribution in [0.3, 0.4) is 0 Å². The van der Waals surface area contributed by atoms with Gasteiger partial charge in [-0.05, 0) is 49.9 Å². The number of nitrogens with one attached hydrogen (secondary N) is 2. The fourth-order valence-corrected chi connectivity index (χ4v) is 3.68. The van der Waals surface area contributed by atoms with Crippen LogP contribution in [0.5, 0.6) is 5.75 Å². The number of methoxy groups -OCH3 is 1. The third-order valence-corrected chi connectivity index (χ3v) is 5.49. The van der Waals surface area contributed by atoms with Gasteiger partial charge in [0.15, 0.2) is 11.6 Å². The Kier molecular flexibility index (Phi) is 7.18. The smallest absolute Gasteiger partial charge is 0.320 e. The number of nitrogens with zero attached hydrogens (tertiary/aromatic N) is 2. The van der Waals surface area contributed by atoms with Crippen molar-refractivity contribution in [2.45, 2.75) is 31.8 Å². The number of rotatable bonds is 7. The van der Waals surface area contributed by atoms with Crippen LogP contribution in [0.4, 0.5) is 30.6 Å². The second-order valence-electron chi connectivity index (χ2n) is 7.88. The van der Waals surface area contributed by atoms with Crippen molar-refractivity contribution in [2.24, 2.45) is 5.92 Å². The standard InChI is InChI=1S/C23H21F3N4O5/c1-33-22(32)12-2-6-14(7-3-12)34-15-8-4-13(5-9-15)27-20(31)21-29-30-23(35-21)28-19-11-17(25)16(24)10-18(19)26/h4-5,8-12,14H,2-3,6-7H2,1H3,(H,27,31)(H,28,30)/t12-,14-. The predicted molar refractivity (Wildman–Crippen MR) is 117 cm³/mol. The van der Waals surface area contributed by atoms with E-state index in [1.807, 2.05) is 0 Å².